The first kappa shape index (κ1) is 22.1. The first-order valence-electron chi connectivity index (χ1n) is 11.4. The summed E-state index contributed by atoms with van der Waals surface area (Å²) in [5, 5.41) is 4.90. The minimum atomic E-state index is -0.0917. The summed E-state index contributed by atoms with van der Waals surface area (Å²) in [7, 11) is 0. The van der Waals surface area contributed by atoms with Crippen molar-refractivity contribution < 1.29 is 4.79 Å². The van der Waals surface area contributed by atoms with E-state index in [1.165, 1.54) is 15.9 Å². The highest BCUT2D eigenvalue weighted by atomic mass is 32.1. The van der Waals surface area contributed by atoms with Gasteiger partial charge in [-0.05, 0) is 36.6 Å². The van der Waals surface area contributed by atoms with E-state index in [2.05, 4.69) is 39.6 Å². The van der Waals surface area contributed by atoms with Crippen LogP contribution < -0.4 is 10.9 Å². The number of nitrogens with zero attached hydrogens (tertiary/aromatic N) is 2. The van der Waals surface area contributed by atoms with Gasteiger partial charge in [0.25, 0.3) is 5.56 Å². The van der Waals surface area contributed by atoms with Gasteiger partial charge in [-0.2, -0.15) is 0 Å². The summed E-state index contributed by atoms with van der Waals surface area (Å²) in [5.41, 5.74) is 4.25. The minimum absolute atomic E-state index is 0.0125. The first-order chi connectivity index (χ1) is 16.5. The van der Waals surface area contributed by atoms with Gasteiger partial charge >= 0.3 is 0 Å². The van der Waals surface area contributed by atoms with Gasteiger partial charge in [0.05, 0.1) is 11.7 Å². The molecule has 0 saturated carbocycles. The van der Waals surface area contributed by atoms with Crippen LogP contribution in [0.3, 0.4) is 0 Å². The molecule has 0 fully saturated rings. The first-order valence-corrected chi connectivity index (χ1v) is 12.2. The molecule has 2 aromatic carbocycles. The Kier molecular flexibility index (Phi) is 6.02. The molecule has 2 N–H and O–H groups in total. The minimum Gasteiger partial charge on any atom is -0.361 e. The smallest absolute Gasteiger partial charge is 0.262 e. The van der Waals surface area contributed by atoms with Gasteiger partial charge in [0.2, 0.25) is 5.91 Å². The van der Waals surface area contributed by atoms with Gasteiger partial charge in [0.1, 0.15) is 4.83 Å². The Morgan fingerprint density at radius 1 is 1.12 bits per heavy atom. The molecule has 1 atom stereocenters. The lowest BCUT2D eigenvalue weighted by molar-refractivity contribution is -0.121. The molecule has 0 saturated heterocycles. The van der Waals surface area contributed by atoms with Crippen molar-refractivity contribution in [1.82, 2.24) is 19.9 Å². The lowest BCUT2D eigenvalue weighted by atomic mass is 9.91. The fourth-order valence-corrected chi connectivity index (χ4v) is 5.42. The van der Waals surface area contributed by atoms with Crippen molar-refractivity contribution in [2.45, 2.75) is 32.7 Å². The molecule has 34 heavy (non-hydrogen) atoms. The molecule has 5 aromatic rings. The molecule has 0 aliphatic rings. The van der Waals surface area contributed by atoms with Crippen LogP contribution in [0.2, 0.25) is 0 Å². The number of nitrogens with one attached hydrogen (secondary N) is 2. The highest BCUT2D eigenvalue weighted by Crippen LogP contribution is 2.30. The summed E-state index contributed by atoms with van der Waals surface area (Å²) in [5.74, 6) is -0.0792. The van der Waals surface area contributed by atoms with Crippen LogP contribution in [-0.4, -0.2) is 27.0 Å². The molecular weight excluding hydrogens is 444 g/mol. The molecule has 0 bridgehead atoms. The van der Waals surface area contributed by atoms with E-state index in [9.17, 15) is 9.59 Å². The van der Waals surface area contributed by atoms with Crippen molar-refractivity contribution in [2.75, 3.05) is 6.54 Å². The zero-order chi connectivity index (χ0) is 23.7. The Hall–Kier alpha value is -3.71. The number of thiophene rings is 1. The highest BCUT2D eigenvalue weighted by molar-refractivity contribution is 7.18. The van der Waals surface area contributed by atoms with Crippen LogP contribution in [0, 0.1) is 13.8 Å². The molecule has 5 rings (SSSR count). The maximum absolute atomic E-state index is 12.9. The van der Waals surface area contributed by atoms with Crippen molar-refractivity contribution >= 4 is 38.4 Å². The number of rotatable bonds is 7. The fraction of sp³-hybridized carbons (Fsp3) is 0.222. The molecule has 6 nitrogen and oxygen atoms in total. The zero-order valence-corrected chi connectivity index (χ0v) is 20.0. The van der Waals surface area contributed by atoms with E-state index in [4.69, 9.17) is 0 Å². The molecule has 1 amide bonds. The number of carbonyl (C=O) groups is 1. The van der Waals surface area contributed by atoms with E-state index in [0.29, 0.717) is 18.5 Å². The lowest BCUT2D eigenvalue weighted by Gasteiger charge is -2.18. The molecule has 3 aromatic heterocycles. The summed E-state index contributed by atoms with van der Waals surface area (Å²) < 4.78 is 1.54. The summed E-state index contributed by atoms with van der Waals surface area (Å²) in [6, 6.07) is 18.4. The van der Waals surface area contributed by atoms with Crippen LogP contribution >= 0.6 is 11.3 Å². The fourth-order valence-electron chi connectivity index (χ4n) is 4.43. The molecule has 0 radical (unpaired) electrons. The summed E-state index contributed by atoms with van der Waals surface area (Å²) in [6.45, 7) is 4.71. The number of hydrogen-bond acceptors (Lipinski definition) is 4. The average molecular weight is 471 g/mol. The van der Waals surface area contributed by atoms with Crippen LogP contribution in [0.25, 0.3) is 21.1 Å². The molecular formula is C27H26N4O2S. The number of aromatic amines is 1. The lowest BCUT2D eigenvalue weighted by Crippen LogP contribution is -2.31. The van der Waals surface area contributed by atoms with Crippen LogP contribution in [-0.2, 0) is 11.3 Å². The average Bonchev–Trinajstić information content (AvgIpc) is 3.40. The van der Waals surface area contributed by atoms with Crippen molar-refractivity contribution in [2.24, 2.45) is 0 Å². The monoisotopic (exact) mass is 470 g/mol. The van der Waals surface area contributed by atoms with E-state index >= 15 is 0 Å². The van der Waals surface area contributed by atoms with Crippen molar-refractivity contribution in [3.63, 3.8) is 0 Å². The molecule has 172 valence electrons. The van der Waals surface area contributed by atoms with Gasteiger partial charge in [-0.1, -0.05) is 48.5 Å². The number of hydrogen-bond donors (Lipinski definition) is 2. The number of benzene rings is 2. The predicted octanol–water partition coefficient (Wildman–Crippen LogP) is 4.89. The highest BCUT2D eigenvalue weighted by Gasteiger charge is 2.19. The number of aryl methyl sites for hydroxylation is 3. The van der Waals surface area contributed by atoms with Crippen molar-refractivity contribution in [1.29, 1.82) is 0 Å². The molecule has 3 heterocycles. The SMILES string of the molecule is Cc1sc2ncn(CCC(=O)NCC(c3ccccc3)c3c[nH]c4ccccc34)c(=O)c2c1C. The standard InChI is InChI=1S/C27H26N4O2S/c1-17-18(2)34-26-25(17)27(33)31(16-30-26)13-12-24(32)29-14-21(19-8-4-3-5-9-19)22-15-28-23-11-7-6-10-20(22)23/h3-11,15-16,21,28H,12-14H2,1-2H3,(H,29,32). The van der Waals surface area contributed by atoms with E-state index in [-0.39, 0.29) is 23.8 Å². The van der Waals surface area contributed by atoms with E-state index < -0.39 is 0 Å². The third-order valence-corrected chi connectivity index (χ3v) is 7.55. The number of aromatic nitrogens is 3. The van der Waals surface area contributed by atoms with E-state index in [0.717, 1.165) is 37.3 Å². The number of H-pyrrole nitrogens is 1. The van der Waals surface area contributed by atoms with Gasteiger partial charge in [0.15, 0.2) is 0 Å². The molecule has 7 heteroatoms. The number of fused-ring (bicyclic) bond motifs is 2. The van der Waals surface area contributed by atoms with Gasteiger partial charge in [-0.3, -0.25) is 14.2 Å². The Labute approximate surface area is 201 Å². The second kappa shape index (κ2) is 9.27. The normalized spacial score (nSPS) is 12.3. The summed E-state index contributed by atoms with van der Waals surface area (Å²) in [6.07, 6.45) is 3.79. The van der Waals surface area contributed by atoms with Crippen molar-refractivity contribution in [3.05, 3.63) is 99.0 Å². The molecule has 0 spiro atoms. The van der Waals surface area contributed by atoms with Gasteiger partial charge < -0.3 is 10.3 Å². The number of amides is 1. The van der Waals surface area contributed by atoms with Crippen LogP contribution in [0.4, 0.5) is 0 Å². The molecule has 0 aliphatic heterocycles. The maximum atomic E-state index is 12.9. The van der Waals surface area contributed by atoms with Crippen molar-refractivity contribution in [3.8, 4) is 0 Å². The number of carbonyl (C=O) groups excluding carboxylic acids is 1. The quantitative estimate of drug-likeness (QED) is 0.355. The van der Waals surface area contributed by atoms with Crippen LogP contribution in [0.5, 0.6) is 0 Å². The zero-order valence-electron chi connectivity index (χ0n) is 19.2. The molecule has 1 unspecified atom stereocenters. The third kappa shape index (κ3) is 4.15. The molecule has 0 aliphatic carbocycles. The predicted molar refractivity (Wildman–Crippen MR) is 138 cm³/mol. The van der Waals surface area contributed by atoms with Gasteiger partial charge in [0, 0.05) is 47.4 Å². The summed E-state index contributed by atoms with van der Waals surface area (Å²) in [4.78, 5) is 35.3. The second-order valence-electron chi connectivity index (χ2n) is 8.51. The largest absolute Gasteiger partial charge is 0.361 e. The Balaban J connectivity index is 1.32. The van der Waals surface area contributed by atoms with Gasteiger partial charge in [-0.25, -0.2) is 4.98 Å². The van der Waals surface area contributed by atoms with E-state index in [1.807, 2.05) is 50.4 Å². The summed E-state index contributed by atoms with van der Waals surface area (Å²) >= 11 is 1.53. The third-order valence-electron chi connectivity index (χ3n) is 6.44. The van der Waals surface area contributed by atoms with Gasteiger partial charge in [-0.15, -0.1) is 11.3 Å². The topological polar surface area (TPSA) is 79.8 Å². The maximum Gasteiger partial charge on any atom is 0.262 e. The second-order valence-corrected chi connectivity index (χ2v) is 9.72. The van der Waals surface area contributed by atoms with Crippen LogP contribution in [0.1, 0.15) is 33.9 Å². The Bertz CT molecular complexity index is 1530. The Morgan fingerprint density at radius 2 is 1.88 bits per heavy atom. The van der Waals surface area contributed by atoms with E-state index in [1.54, 1.807) is 6.33 Å². The number of para-hydroxylation sites is 1. The van der Waals surface area contributed by atoms with Crippen LogP contribution in [0.15, 0.2) is 71.9 Å². The Morgan fingerprint density at radius 3 is 2.71 bits per heavy atom.